The van der Waals surface area contributed by atoms with Gasteiger partial charge in [-0.05, 0) is 36.0 Å². The molecule has 0 radical (unpaired) electrons. The van der Waals surface area contributed by atoms with Crippen molar-refractivity contribution >= 4 is 47.2 Å². The molecule has 0 aliphatic carbocycles. The van der Waals surface area contributed by atoms with Crippen molar-refractivity contribution in [1.82, 2.24) is 20.9 Å². The number of benzene rings is 2. The van der Waals surface area contributed by atoms with Crippen LogP contribution in [0.1, 0.15) is 31.4 Å². The molecule has 0 bridgehead atoms. The Bertz CT molecular complexity index is 1310. The number of carboxylic acid groups (broad SMARTS) is 1. The maximum absolute atomic E-state index is 13.6. The van der Waals surface area contributed by atoms with E-state index in [-0.39, 0.29) is 30.9 Å². The zero-order chi connectivity index (χ0) is 29.2. The SMILES string of the molecule is CC(C)CC(NC(=O)C(Cc1c[nH]c2ccccc12)NC(=O)C(N)Cc1ccccc1)C(=O)NC(CS)C(=O)O. The van der Waals surface area contributed by atoms with E-state index in [0.29, 0.717) is 0 Å². The minimum atomic E-state index is -1.23. The normalized spacial score (nSPS) is 14.2. The van der Waals surface area contributed by atoms with Crippen molar-refractivity contribution in [3.8, 4) is 0 Å². The van der Waals surface area contributed by atoms with Crippen LogP contribution in [-0.2, 0) is 32.0 Å². The van der Waals surface area contributed by atoms with E-state index < -0.39 is 47.9 Å². The van der Waals surface area contributed by atoms with Crippen LogP contribution in [0.3, 0.4) is 0 Å². The summed E-state index contributed by atoms with van der Waals surface area (Å²) in [5.41, 5.74) is 8.77. The molecule has 3 amide bonds. The van der Waals surface area contributed by atoms with Crippen LogP contribution >= 0.6 is 12.6 Å². The molecule has 40 heavy (non-hydrogen) atoms. The average molecular weight is 568 g/mol. The van der Waals surface area contributed by atoms with Crippen LogP contribution in [0.15, 0.2) is 60.8 Å². The van der Waals surface area contributed by atoms with Crippen LogP contribution in [0.25, 0.3) is 10.9 Å². The first kappa shape index (κ1) is 30.7. The summed E-state index contributed by atoms with van der Waals surface area (Å²) in [6.07, 6.45) is 2.47. The first-order valence-electron chi connectivity index (χ1n) is 13.2. The van der Waals surface area contributed by atoms with Gasteiger partial charge in [-0.3, -0.25) is 14.4 Å². The van der Waals surface area contributed by atoms with E-state index >= 15 is 0 Å². The maximum atomic E-state index is 13.6. The molecule has 10 nitrogen and oxygen atoms in total. The topological polar surface area (TPSA) is 166 Å². The zero-order valence-electron chi connectivity index (χ0n) is 22.6. The molecule has 0 fully saturated rings. The smallest absolute Gasteiger partial charge is 0.327 e. The maximum Gasteiger partial charge on any atom is 0.327 e. The van der Waals surface area contributed by atoms with E-state index in [2.05, 4.69) is 33.6 Å². The molecule has 3 aromatic rings. The third-order valence-electron chi connectivity index (χ3n) is 6.50. The molecule has 4 unspecified atom stereocenters. The number of fused-ring (bicyclic) bond motifs is 1. The van der Waals surface area contributed by atoms with Crippen molar-refractivity contribution in [3.05, 3.63) is 71.9 Å². The molecule has 1 aromatic heterocycles. The molecule has 214 valence electrons. The fourth-order valence-electron chi connectivity index (χ4n) is 4.40. The zero-order valence-corrected chi connectivity index (χ0v) is 23.5. The number of hydrogen-bond donors (Lipinski definition) is 7. The van der Waals surface area contributed by atoms with Crippen LogP contribution in [0.5, 0.6) is 0 Å². The number of nitrogens with two attached hydrogens (primary N) is 1. The van der Waals surface area contributed by atoms with Crippen LogP contribution in [-0.4, -0.2) is 63.7 Å². The lowest BCUT2D eigenvalue weighted by Gasteiger charge is -2.26. The van der Waals surface area contributed by atoms with Crippen molar-refractivity contribution < 1.29 is 24.3 Å². The van der Waals surface area contributed by atoms with Crippen LogP contribution in [0.4, 0.5) is 0 Å². The van der Waals surface area contributed by atoms with Crippen molar-refractivity contribution in [2.75, 3.05) is 5.75 Å². The van der Waals surface area contributed by atoms with Crippen LogP contribution < -0.4 is 21.7 Å². The fourth-order valence-corrected chi connectivity index (χ4v) is 4.65. The van der Waals surface area contributed by atoms with Gasteiger partial charge in [-0.2, -0.15) is 12.6 Å². The standard InChI is InChI=1S/C29H37N5O5S/c1-17(2)12-23(27(36)34-25(16-40)29(38)39)33-28(37)24(14-19-15-31-22-11-7-6-10-20(19)22)32-26(35)21(30)13-18-8-4-3-5-9-18/h3-11,15,17,21,23-25,31,40H,12-14,16,30H2,1-2H3,(H,32,35)(H,33,37)(H,34,36)(H,38,39). The van der Waals surface area contributed by atoms with Gasteiger partial charge < -0.3 is 31.8 Å². The molecule has 0 saturated heterocycles. The number of thiol groups is 1. The summed E-state index contributed by atoms with van der Waals surface area (Å²) in [5.74, 6) is -3.05. The minimum absolute atomic E-state index is 0.0104. The predicted octanol–water partition coefficient (Wildman–Crippen LogP) is 1.80. The Hall–Kier alpha value is -3.83. The number of aromatic amines is 1. The summed E-state index contributed by atoms with van der Waals surface area (Å²) >= 11 is 4.00. The van der Waals surface area contributed by atoms with Gasteiger partial charge in [0.1, 0.15) is 18.1 Å². The molecule has 0 aliphatic rings. The third-order valence-corrected chi connectivity index (χ3v) is 6.87. The molecule has 2 aromatic carbocycles. The number of carboxylic acids is 1. The Balaban J connectivity index is 1.83. The second-order valence-electron chi connectivity index (χ2n) is 10.2. The number of para-hydroxylation sites is 1. The molecular formula is C29H37N5O5S. The Morgan fingerprint density at radius 3 is 2.10 bits per heavy atom. The lowest BCUT2D eigenvalue weighted by Crippen LogP contribution is -2.58. The second-order valence-corrected chi connectivity index (χ2v) is 10.6. The summed E-state index contributed by atoms with van der Waals surface area (Å²) in [5, 5.41) is 18.2. The van der Waals surface area contributed by atoms with Gasteiger partial charge in [-0.15, -0.1) is 0 Å². The van der Waals surface area contributed by atoms with Crippen molar-refractivity contribution in [3.63, 3.8) is 0 Å². The molecule has 0 aliphatic heterocycles. The molecule has 3 rings (SSSR count). The lowest BCUT2D eigenvalue weighted by atomic mass is 10.00. The first-order chi connectivity index (χ1) is 19.1. The number of nitrogens with one attached hydrogen (secondary N) is 4. The highest BCUT2D eigenvalue weighted by Crippen LogP contribution is 2.19. The summed E-state index contributed by atoms with van der Waals surface area (Å²) in [7, 11) is 0. The van der Waals surface area contributed by atoms with Crippen molar-refractivity contribution in [2.45, 2.75) is 57.3 Å². The monoisotopic (exact) mass is 567 g/mol. The van der Waals surface area contributed by atoms with Crippen molar-refractivity contribution in [1.29, 1.82) is 0 Å². The van der Waals surface area contributed by atoms with Crippen LogP contribution in [0.2, 0.25) is 0 Å². The van der Waals surface area contributed by atoms with E-state index in [1.54, 1.807) is 6.20 Å². The number of rotatable bonds is 14. The summed E-state index contributed by atoms with van der Waals surface area (Å²) in [6.45, 7) is 3.76. The quantitative estimate of drug-likeness (QED) is 0.147. The average Bonchev–Trinajstić information content (AvgIpc) is 3.33. The molecule has 0 spiro atoms. The number of aromatic nitrogens is 1. The predicted molar refractivity (Wildman–Crippen MR) is 157 cm³/mol. The highest BCUT2D eigenvalue weighted by atomic mass is 32.1. The van der Waals surface area contributed by atoms with Crippen LogP contribution in [0, 0.1) is 5.92 Å². The largest absolute Gasteiger partial charge is 0.480 e. The van der Waals surface area contributed by atoms with E-state index in [9.17, 15) is 24.3 Å². The van der Waals surface area contributed by atoms with Gasteiger partial charge in [0.25, 0.3) is 0 Å². The van der Waals surface area contributed by atoms with Gasteiger partial charge in [0.2, 0.25) is 17.7 Å². The number of amides is 3. The summed E-state index contributed by atoms with van der Waals surface area (Å²) in [4.78, 5) is 54.4. The van der Waals surface area contributed by atoms with Gasteiger partial charge in [0.15, 0.2) is 0 Å². The molecule has 11 heteroatoms. The highest BCUT2D eigenvalue weighted by molar-refractivity contribution is 7.80. The van der Waals surface area contributed by atoms with E-state index in [1.165, 1.54) is 0 Å². The Morgan fingerprint density at radius 1 is 0.850 bits per heavy atom. The third kappa shape index (κ3) is 8.59. The Kier molecular flexibility index (Phi) is 11.2. The van der Waals surface area contributed by atoms with E-state index in [1.807, 2.05) is 68.4 Å². The van der Waals surface area contributed by atoms with Crippen molar-refractivity contribution in [2.24, 2.45) is 11.7 Å². The second kappa shape index (κ2) is 14.5. The Labute approximate surface area is 238 Å². The number of carbonyl (C=O) groups is 4. The fraction of sp³-hybridized carbons (Fsp3) is 0.379. The van der Waals surface area contributed by atoms with Gasteiger partial charge in [-0.25, -0.2) is 4.79 Å². The minimum Gasteiger partial charge on any atom is -0.480 e. The molecule has 7 N–H and O–H groups in total. The number of H-pyrrole nitrogens is 1. The number of hydrogen-bond acceptors (Lipinski definition) is 6. The van der Waals surface area contributed by atoms with Gasteiger partial charge in [0, 0.05) is 29.3 Å². The molecule has 4 atom stereocenters. The molecular weight excluding hydrogens is 530 g/mol. The summed E-state index contributed by atoms with van der Waals surface area (Å²) < 4.78 is 0. The number of carbonyl (C=O) groups excluding carboxylic acids is 3. The summed E-state index contributed by atoms with van der Waals surface area (Å²) in [6, 6.07) is 12.7. The van der Waals surface area contributed by atoms with Gasteiger partial charge >= 0.3 is 5.97 Å². The van der Waals surface area contributed by atoms with E-state index in [0.717, 1.165) is 22.0 Å². The lowest BCUT2D eigenvalue weighted by molar-refractivity contribution is -0.141. The molecule has 0 saturated carbocycles. The van der Waals surface area contributed by atoms with Gasteiger partial charge in [-0.1, -0.05) is 62.4 Å². The molecule has 1 heterocycles. The number of aliphatic carboxylic acids is 1. The highest BCUT2D eigenvalue weighted by Gasteiger charge is 2.31. The van der Waals surface area contributed by atoms with E-state index in [4.69, 9.17) is 5.73 Å². The van der Waals surface area contributed by atoms with Gasteiger partial charge in [0.05, 0.1) is 6.04 Å². The Morgan fingerprint density at radius 2 is 1.45 bits per heavy atom. The first-order valence-corrected chi connectivity index (χ1v) is 13.8.